The maximum Gasteiger partial charge on any atom is 0.197 e. The molecule has 1 aliphatic heterocycles. The minimum Gasteiger partial charge on any atom is -0.478 e. The zero-order chi connectivity index (χ0) is 9.52. The first-order valence-electron chi connectivity index (χ1n) is 4.55. The number of hydrogen-bond donors (Lipinski definition) is 2. The number of ether oxygens (including phenoxy) is 2. The van der Waals surface area contributed by atoms with Crippen LogP contribution in [0.3, 0.4) is 0 Å². The monoisotopic (exact) mass is 187 g/mol. The molecule has 1 heterocycles. The molecular formula is C8H17N3O2. The largest absolute Gasteiger partial charge is 0.478 e. The van der Waals surface area contributed by atoms with Gasteiger partial charge in [-0.25, -0.2) is 0 Å². The Kier molecular flexibility index (Phi) is 4.74. The summed E-state index contributed by atoms with van der Waals surface area (Å²) >= 11 is 0. The number of rotatable bonds is 4. The van der Waals surface area contributed by atoms with E-state index in [0.29, 0.717) is 26.3 Å². The lowest BCUT2D eigenvalue weighted by Gasteiger charge is -2.19. The van der Waals surface area contributed by atoms with Crippen molar-refractivity contribution in [1.29, 1.82) is 0 Å². The molecule has 1 atom stereocenters. The van der Waals surface area contributed by atoms with Crippen molar-refractivity contribution in [1.82, 2.24) is 5.32 Å². The van der Waals surface area contributed by atoms with Gasteiger partial charge in [-0.15, -0.1) is 0 Å². The molecule has 0 aromatic carbocycles. The van der Waals surface area contributed by atoms with Crippen LogP contribution in [0, 0.1) is 0 Å². The van der Waals surface area contributed by atoms with E-state index in [1.54, 1.807) is 0 Å². The molecule has 1 aliphatic rings. The Bertz CT molecular complexity index is 173. The van der Waals surface area contributed by atoms with Gasteiger partial charge in [-0.05, 0) is 6.92 Å². The Morgan fingerprint density at radius 2 is 2.46 bits per heavy atom. The van der Waals surface area contributed by atoms with Crippen molar-refractivity contribution < 1.29 is 9.47 Å². The molecule has 0 fully saturated rings. The molecule has 5 nitrogen and oxygen atoms in total. The highest BCUT2D eigenvalue weighted by molar-refractivity contribution is 5.78. The zero-order valence-electron chi connectivity index (χ0n) is 7.95. The lowest BCUT2D eigenvalue weighted by molar-refractivity contribution is 0.104. The van der Waals surface area contributed by atoms with Crippen LogP contribution in [0.2, 0.25) is 0 Å². The molecular weight excluding hydrogens is 170 g/mol. The minimum absolute atomic E-state index is 0.0285. The van der Waals surface area contributed by atoms with Crippen molar-refractivity contribution in [2.75, 3.05) is 32.9 Å². The highest BCUT2D eigenvalue weighted by Crippen LogP contribution is 1.91. The van der Waals surface area contributed by atoms with E-state index in [1.165, 1.54) is 0 Å². The van der Waals surface area contributed by atoms with Crippen LogP contribution >= 0.6 is 0 Å². The van der Waals surface area contributed by atoms with Gasteiger partial charge in [0.05, 0.1) is 25.9 Å². The quantitative estimate of drug-likeness (QED) is 0.572. The van der Waals surface area contributed by atoms with Gasteiger partial charge in [0, 0.05) is 6.61 Å². The predicted molar refractivity (Wildman–Crippen MR) is 50.7 cm³/mol. The molecule has 0 saturated carbocycles. The molecule has 5 heteroatoms. The van der Waals surface area contributed by atoms with Crippen LogP contribution in [0.15, 0.2) is 4.99 Å². The van der Waals surface area contributed by atoms with Gasteiger partial charge < -0.3 is 15.2 Å². The molecule has 1 rings (SSSR count). The topological polar surface area (TPSA) is 68.9 Å². The Labute approximate surface area is 78.3 Å². The maximum absolute atomic E-state index is 5.57. The van der Waals surface area contributed by atoms with Crippen molar-refractivity contribution in [3.05, 3.63) is 0 Å². The van der Waals surface area contributed by atoms with Crippen molar-refractivity contribution in [3.8, 4) is 0 Å². The molecule has 0 aliphatic carbocycles. The van der Waals surface area contributed by atoms with Crippen LogP contribution in [-0.2, 0) is 9.47 Å². The maximum atomic E-state index is 5.57. The Balaban J connectivity index is 2.08. The van der Waals surface area contributed by atoms with E-state index in [1.807, 2.05) is 6.92 Å². The summed E-state index contributed by atoms with van der Waals surface area (Å²) in [6, 6.07) is 0. The van der Waals surface area contributed by atoms with Crippen LogP contribution in [0.1, 0.15) is 6.92 Å². The third kappa shape index (κ3) is 4.21. The summed E-state index contributed by atoms with van der Waals surface area (Å²) in [6.07, 6.45) is -0.0285. The van der Waals surface area contributed by atoms with E-state index >= 15 is 0 Å². The molecule has 0 amide bonds. The van der Waals surface area contributed by atoms with Gasteiger partial charge in [-0.1, -0.05) is 0 Å². The van der Waals surface area contributed by atoms with Gasteiger partial charge in [0.25, 0.3) is 0 Å². The van der Waals surface area contributed by atoms with E-state index in [0.717, 1.165) is 12.5 Å². The fourth-order valence-corrected chi connectivity index (χ4v) is 0.998. The fourth-order valence-electron chi connectivity index (χ4n) is 0.998. The molecule has 0 spiro atoms. The zero-order valence-corrected chi connectivity index (χ0v) is 7.95. The first kappa shape index (κ1) is 10.4. The third-order valence-electron chi connectivity index (χ3n) is 1.68. The second kappa shape index (κ2) is 5.90. The summed E-state index contributed by atoms with van der Waals surface area (Å²) in [5.74, 6) is 0.724. The van der Waals surface area contributed by atoms with Gasteiger partial charge >= 0.3 is 0 Å². The Hall–Kier alpha value is -0.650. The van der Waals surface area contributed by atoms with Gasteiger partial charge in [0.15, 0.2) is 5.90 Å². The van der Waals surface area contributed by atoms with Gasteiger partial charge in [0.2, 0.25) is 0 Å². The molecule has 0 saturated heterocycles. The molecule has 0 radical (unpaired) electrons. The average molecular weight is 187 g/mol. The summed E-state index contributed by atoms with van der Waals surface area (Å²) in [4.78, 5) is 4.16. The number of nitrogens with two attached hydrogens (primary N) is 1. The number of hydrogen-bond acceptors (Lipinski definition) is 5. The van der Waals surface area contributed by atoms with E-state index in [4.69, 9.17) is 15.2 Å². The number of nitrogens with zero attached hydrogens (tertiary/aromatic N) is 1. The summed E-state index contributed by atoms with van der Waals surface area (Å²) in [7, 11) is 0. The standard InChI is InChI=1S/C8H17N3O2/c1-2-12-3-4-13-8-6-10-7(9)5-11-8/h7,10H,2-6,9H2,1H3. The summed E-state index contributed by atoms with van der Waals surface area (Å²) in [5, 5.41) is 3.05. The van der Waals surface area contributed by atoms with Crippen molar-refractivity contribution in [2.24, 2.45) is 10.7 Å². The predicted octanol–water partition coefficient (Wildman–Crippen LogP) is -0.674. The van der Waals surface area contributed by atoms with Crippen LogP contribution in [-0.4, -0.2) is 45.0 Å². The normalized spacial score (nSPS) is 22.6. The molecule has 76 valence electrons. The van der Waals surface area contributed by atoms with Gasteiger partial charge in [-0.3, -0.25) is 10.3 Å². The molecule has 0 aromatic heterocycles. The van der Waals surface area contributed by atoms with E-state index < -0.39 is 0 Å². The second-order valence-electron chi connectivity index (χ2n) is 2.77. The molecule has 0 bridgehead atoms. The molecule has 3 N–H and O–H groups in total. The van der Waals surface area contributed by atoms with E-state index in [2.05, 4.69) is 10.3 Å². The number of nitrogens with one attached hydrogen (secondary N) is 1. The lowest BCUT2D eigenvalue weighted by atomic mass is 10.4. The number of aliphatic imine (C=N–C) groups is 1. The smallest absolute Gasteiger partial charge is 0.197 e. The molecule has 13 heavy (non-hydrogen) atoms. The van der Waals surface area contributed by atoms with Gasteiger partial charge in [-0.2, -0.15) is 0 Å². The van der Waals surface area contributed by atoms with Crippen molar-refractivity contribution in [2.45, 2.75) is 13.1 Å². The van der Waals surface area contributed by atoms with Crippen molar-refractivity contribution >= 4 is 5.90 Å². The van der Waals surface area contributed by atoms with Crippen LogP contribution in [0.4, 0.5) is 0 Å². The lowest BCUT2D eigenvalue weighted by Crippen LogP contribution is -2.47. The third-order valence-corrected chi connectivity index (χ3v) is 1.68. The SMILES string of the molecule is CCOCCOC1=NCC(N)NC1. The van der Waals surface area contributed by atoms with E-state index in [9.17, 15) is 0 Å². The summed E-state index contributed by atoms with van der Waals surface area (Å²) in [6.45, 7) is 5.06. The minimum atomic E-state index is -0.0285. The van der Waals surface area contributed by atoms with E-state index in [-0.39, 0.29) is 6.17 Å². The average Bonchev–Trinajstić information content (AvgIpc) is 2.15. The molecule has 1 unspecified atom stereocenters. The molecule has 0 aromatic rings. The second-order valence-corrected chi connectivity index (χ2v) is 2.77. The first-order valence-corrected chi connectivity index (χ1v) is 4.55. The summed E-state index contributed by atoms with van der Waals surface area (Å²) in [5.41, 5.74) is 5.57. The van der Waals surface area contributed by atoms with Crippen LogP contribution < -0.4 is 11.1 Å². The Morgan fingerprint density at radius 3 is 3.08 bits per heavy atom. The first-order chi connectivity index (χ1) is 6.33. The summed E-state index contributed by atoms with van der Waals surface area (Å²) < 4.78 is 10.5. The van der Waals surface area contributed by atoms with Crippen LogP contribution in [0.25, 0.3) is 0 Å². The Morgan fingerprint density at radius 1 is 1.62 bits per heavy atom. The van der Waals surface area contributed by atoms with Crippen molar-refractivity contribution in [3.63, 3.8) is 0 Å². The van der Waals surface area contributed by atoms with Gasteiger partial charge in [0.1, 0.15) is 6.61 Å². The fraction of sp³-hybridized carbons (Fsp3) is 0.875. The highest BCUT2D eigenvalue weighted by Gasteiger charge is 2.10. The van der Waals surface area contributed by atoms with Crippen LogP contribution in [0.5, 0.6) is 0 Å². The highest BCUT2D eigenvalue weighted by atomic mass is 16.5.